The van der Waals surface area contributed by atoms with Crippen molar-refractivity contribution >= 4 is 34.8 Å². The smallest absolute Gasteiger partial charge is 0.226 e. The Bertz CT molecular complexity index is 821. The number of anilines is 2. The number of benzene rings is 2. The van der Waals surface area contributed by atoms with Crippen molar-refractivity contribution in [3.05, 3.63) is 52.5 Å². The van der Waals surface area contributed by atoms with Crippen LogP contribution in [-0.4, -0.2) is 25.5 Å². The number of rotatable bonds is 6. The number of ether oxygens (including phenoxy) is 1. The Morgan fingerprint density at radius 2 is 1.88 bits per heavy atom. The second-order valence-corrected chi connectivity index (χ2v) is 6.52. The van der Waals surface area contributed by atoms with Crippen molar-refractivity contribution in [2.24, 2.45) is 0 Å². The highest BCUT2D eigenvalue weighted by Gasteiger charge is 2.16. The monoisotopic (exact) mass is 374 g/mol. The molecule has 2 aromatic rings. The number of carbonyl (C=O) groups excluding carboxylic acids is 2. The number of nitrogens with zero attached hydrogens (tertiary/aromatic N) is 1. The average Bonchev–Trinajstić information content (AvgIpc) is 2.58. The highest BCUT2D eigenvalue weighted by atomic mass is 35.5. The molecule has 0 bridgehead atoms. The van der Waals surface area contributed by atoms with Crippen molar-refractivity contribution in [3.8, 4) is 5.75 Å². The molecule has 6 heteroatoms. The number of aryl methyl sites for hydroxylation is 2. The molecule has 26 heavy (non-hydrogen) atoms. The van der Waals surface area contributed by atoms with Crippen LogP contribution >= 0.6 is 11.6 Å². The van der Waals surface area contributed by atoms with Crippen LogP contribution in [0.2, 0.25) is 5.02 Å². The van der Waals surface area contributed by atoms with Gasteiger partial charge in [-0.2, -0.15) is 0 Å². The van der Waals surface area contributed by atoms with Gasteiger partial charge in [-0.25, -0.2) is 0 Å². The molecule has 0 radical (unpaired) electrons. The van der Waals surface area contributed by atoms with E-state index >= 15 is 0 Å². The van der Waals surface area contributed by atoms with Crippen molar-refractivity contribution in [3.63, 3.8) is 0 Å². The van der Waals surface area contributed by atoms with E-state index in [1.54, 1.807) is 23.1 Å². The summed E-state index contributed by atoms with van der Waals surface area (Å²) < 4.78 is 5.09. The van der Waals surface area contributed by atoms with E-state index in [1.807, 2.05) is 32.0 Å². The SMILES string of the molecule is COc1ccc(NC(=O)CCN(C(C)=O)c2cc(C)ccc2C)cc1Cl. The van der Waals surface area contributed by atoms with Crippen LogP contribution in [-0.2, 0) is 9.59 Å². The first-order valence-corrected chi connectivity index (χ1v) is 8.68. The molecule has 0 atom stereocenters. The largest absolute Gasteiger partial charge is 0.495 e. The average molecular weight is 375 g/mol. The molecule has 0 fully saturated rings. The van der Waals surface area contributed by atoms with Gasteiger partial charge in [0.15, 0.2) is 0 Å². The number of methoxy groups -OCH3 is 1. The minimum absolute atomic E-state index is 0.0982. The Hall–Kier alpha value is -2.53. The number of hydrogen-bond acceptors (Lipinski definition) is 3. The Kier molecular flexibility index (Phi) is 6.64. The van der Waals surface area contributed by atoms with Crippen LogP contribution in [0.3, 0.4) is 0 Å². The van der Waals surface area contributed by atoms with Gasteiger partial charge in [-0.3, -0.25) is 9.59 Å². The van der Waals surface area contributed by atoms with Crippen molar-refractivity contribution in [1.29, 1.82) is 0 Å². The Balaban J connectivity index is 2.05. The lowest BCUT2D eigenvalue weighted by atomic mass is 10.1. The van der Waals surface area contributed by atoms with E-state index in [9.17, 15) is 9.59 Å². The molecule has 2 rings (SSSR count). The minimum Gasteiger partial charge on any atom is -0.495 e. The molecule has 2 aromatic carbocycles. The predicted molar refractivity (Wildman–Crippen MR) is 105 cm³/mol. The summed E-state index contributed by atoms with van der Waals surface area (Å²) in [4.78, 5) is 25.9. The molecule has 0 saturated heterocycles. The fourth-order valence-electron chi connectivity index (χ4n) is 2.64. The normalized spacial score (nSPS) is 10.3. The Morgan fingerprint density at radius 1 is 1.15 bits per heavy atom. The molecule has 2 amide bonds. The van der Waals surface area contributed by atoms with E-state index in [4.69, 9.17) is 16.3 Å². The predicted octanol–water partition coefficient (Wildman–Crippen LogP) is 4.35. The molecule has 0 aliphatic heterocycles. The molecule has 0 aromatic heterocycles. The van der Waals surface area contributed by atoms with Gasteiger partial charge in [0, 0.05) is 31.3 Å². The van der Waals surface area contributed by atoms with Crippen molar-refractivity contribution in [2.45, 2.75) is 27.2 Å². The van der Waals surface area contributed by atoms with Gasteiger partial charge in [0.25, 0.3) is 0 Å². The number of nitrogens with one attached hydrogen (secondary N) is 1. The van der Waals surface area contributed by atoms with Gasteiger partial charge in [0.1, 0.15) is 5.75 Å². The highest BCUT2D eigenvalue weighted by molar-refractivity contribution is 6.32. The summed E-state index contributed by atoms with van der Waals surface area (Å²) >= 11 is 6.07. The van der Waals surface area contributed by atoms with E-state index in [2.05, 4.69) is 5.32 Å². The summed E-state index contributed by atoms with van der Waals surface area (Å²) in [5, 5.41) is 3.21. The molecule has 0 heterocycles. The number of carbonyl (C=O) groups is 2. The van der Waals surface area contributed by atoms with Crippen LogP contribution in [0.1, 0.15) is 24.5 Å². The van der Waals surface area contributed by atoms with Gasteiger partial charge in [0.05, 0.1) is 12.1 Å². The molecular formula is C20H23ClN2O3. The number of hydrogen-bond donors (Lipinski definition) is 1. The third kappa shape index (κ3) is 4.99. The maximum absolute atomic E-state index is 12.3. The second kappa shape index (κ2) is 8.72. The van der Waals surface area contributed by atoms with Crippen LogP contribution in [0.25, 0.3) is 0 Å². The first-order valence-electron chi connectivity index (χ1n) is 8.30. The van der Waals surface area contributed by atoms with Gasteiger partial charge in [-0.1, -0.05) is 23.7 Å². The van der Waals surface area contributed by atoms with E-state index < -0.39 is 0 Å². The first-order chi connectivity index (χ1) is 12.3. The summed E-state index contributed by atoms with van der Waals surface area (Å²) in [7, 11) is 1.53. The van der Waals surface area contributed by atoms with Gasteiger partial charge < -0.3 is 15.0 Å². The van der Waals surface area contributed by atoms with Gasteiger partial charge >= 0.3 is 0 Å². The van der Waals surface area contributed by atoms with Crippen molar-refractivity contribution in [1.82, 2.24) is 0 Å². The zero-order chi connectivity index (χ0) is 19.3. The molecule has 0 aliphatic carbocycles. The third-order valence-corrected chi connectivity index (χ3v) is 4.33. The van der Waals surface area contributed by atoms with E-state index in [1.165, 1.54) is 14.0 Å². The standard InChI is InChI=1S/C20H23ClN2O3/c1-13-5-6-14(2)18(11-13)23(15(3)24)10-9-20(25)22-16-7-8-19(26-4)17(21)12-16/h5-8,11-12H,9-10H2,1-4H3,(H,22,25). The van der Waals surface area contributed by atoms with Crippen LogP contribution < -0.4 is 15.0 Å². The first kappa shape index (κ1) is 19.8. The van der Waals surface area contributed by atoms with E-state index in [-0.39, 0.29) is 18.2 Å². The second-order valence-electron chi connectivity index (χ2n) is 6.11. The lowest BCUT2D eigenvalue weighted by Crippen LogP contribution is -2.32. The molecular weight excluding hydrogens is 352 g/mol. The summed E-state index contributed by atoms with van der Waals surface area (Å²) in [5.74, 6) is 0.254. The summed E-state index contributed by atoms with van der Waals surface area (Å²) in [6.07, 6.45) is 0.177. The maximum atomic E-state index is 12.3. The van der Waals surface area contributed by atoms with Gasteiger partial charge in [-0.05, 0) is 49.2 Å². The van der Waals surface area contributed by atoms with E-state index in [0.717, 1.165) is 16.8 Å². The zero-order valence-electron chi connectivity index (χ0n) is 15.4. The molecule has 0 spiro atoms. The lowest BCUT2D eigenvalue weighted by Gasteiger charge is -2.23. The fourth-order valence-corrected chi connectivity index (χ4v) is 2.90. The maximum Gasteiger partial charge on any atom is 0.226 e. The quantitative estimate of drug-likeness (QED) is 0.817. The summed E-state index contributed by atoms with van der Waals surface area (Å²) in [6, 6.07) is 11.0. The molecule has 0 saturated carbocycles. The molecule has 138 valence electrons. The third-order valence-electron chi connectivity index (χ3n) is 4.03. The summed E-state index contributed by atoms with van der Waals surface area (Å²) in [6.45, 7) is 5.73. The highest BCUT2D eigenvalue weighted by Crippen LogP contribution is 2.27. The molecule has 5 nitrogen and oxygen atoms in total. The minimum atomic E-state index is -0.192. The van der Waals surface area contributed by atoms with Crippen molar-refractivity contribution in [2.75, 3.05) is 23.9 Å². The van der Waals surface area contributed by atoms with Crippen LogP contribution in [0, 0.1) is 13.8 Å². The van der Waals surface area contributed by atoms with Crippen LogP contribution in [0.15, 0.2) is 36.4 Å². The molecule has 0 aliphatic rings. The molecule has 0 unspecified atom stereocenters. The van der Waals surface area contributed by atoms with Gasteiger partial charge in [-0.15, -0.1) is 0 Å². The Labute approximate surface area is 158 Å². The Morgan fingerprint density at radius 3 is 2.50 bits per heavy atom. The van der Waals surface area contributed by atoms with Crippen LogP contribution in [0.5, 0.6) is 5.75 Å². The summed E-state index contributed by atoms with van der Waals surface area (Å²) in [5.41, 5.74) is 3.47. The fraction of sp³-hybridized carbons (Fsp3) is 0.300. The van der Waals surface area contributed by atoms with E-state index in [0.29, 0.717) is 23.0 Å². The number of halogens is 1. The van der Waals surface area contributed by atoms with Crippen LogP contribution in [0.4, 0.5) is 11.4 Å². The lowest BCUT2D eigenvalue weighted by molar-refractivity contribution is -0.117. The zero-order valence-corrected chi connectivity index (χ0v) is 16.2. The van der Waals surface area contributed by atoms with Crippen molar-refractivity contribution < 1.29 is 14.3 Å². The van der Waals surface area contributed by atoms with Gasteiger partial charge in [0.2, 0.25) is 11.8 Å². The topological polar surface area (TPSA) is 58.6 Å². The molecule has 1 N–H and O–H groups in total. The number of amides is 2.